The van der Waals surface area contributed by atoms with E-state index >= 15 is 0 Å². The van der Waals surface area contributed by atoms with Crippen LogP contribution in [0.25, 0.3) is 0 Å². The van der Waals surface area contributed by atoms with Gasteiger partial charge in [-0.2, -0.15) is 32.0 Å². The molecule has 0 aliphatic heterocycles. The van der Waals surface area contributed by atoms with Crippen LogP contribution in [0.4, 0.5) is 0 Å². The predicted octanol–water partition coefficient (Wildman–Crippen LogP) is 3.08. The Morgan fingerprint density at radius 2 is 1.20 bits per heavy atom. The third-order valence-electron chi connectivity index (χ3n) is 0.556. The molecule has 1 aromatic rings. The summed E-state index contributed by atoms with van der Waals surface area (Å²) < 4.78 is 0. The van der Waals surface area contributed by atoms with Gasteiger partial charge in [-0.05, 0) is 0 Å². The largest absolute Gasteiger partial charge is 3.00 e. The van der Waals surface area contributed by atoms with E-state index in [0.717, 1.165) is 0 Å². The summed E-state index contributed by atoms with van der Waals surface area (Å²) in [6, 6.07) is 10.0. The van der Waals surface area contributed by atoms with Gasteiger partial charge >= 0.3 is 21.7 Å². The van der Waals surface area contributed by atoms with E-state index in [9.17, 15) is 0 Å². The fourth-order valence-electron chi connectivity index (χ4n) is 0.321. The average Bonchev–Trinajstić information content (AvgIpc) is 2.51. The molecule has 0 saturated carbocycles. The van der Waals surface area contributed by atoms with E-state index in [1.54, 1.807) is 13.8 Å². The molecule has 0 atom stereocenters. The van der Waals surface area contributed by atoms with Crippen molar-refractivity contribution < 1.29 is 21.7 Å². The van der Waals surface area contributed by atoms with Crippen LogP contribution in [0.1, 0.15) is 13.8 Å². The fraction of sp³-hybridized carbons (Fsp3) is 0.222. The zero-order valence-corrected chi connectivity index (χ0v) is 8.36. The Bertz CT molecular complexity index is 61.2. The second kappa shape index (κ2) is 23.0. The number of rotatable bonds is 0. The first kappa shape index (κ1) is 16.6. The van der Waals surface area contributed by atoms with Crippen molar-refractivity contribution >= 4 is 0 Å². The van der Waals surface area contributed by atoms with E-state index in [0.29, 0.717) is 0 Å². The molecule has 0 aliphatic carbocycles. The Morgan fingerprint density at radius 1 is 0.900 bits per heavy atom. The summed E-state index contributed by atoms with van der Waals surface area (Å²) in [4.78, 5) is 0. The topological polar surface area (TPSA) is 0 Å². The van der Waals surface area contributed by atoms with Gasteiger partial charge in [0.15, 0.2) is 0 Å². The van der Waals surface area contributed by atoms with Crippen LogP contribution >= 0.6 is 0 Å². The molecule has 0 unspecified atom stereocenters. The Hall–Kier alpha value is 0.0643. The molecule has 0 amide bonds. The summed E-state index contributed by atoms with van der Waals surface area (Å²) in [6.45, 7) is 10.0. The quantitative estimate of drug-likeness (QED) is 0.415. The molecule has 55 valence electrons. The third-order valence-corrected chi connectivity index (χ3v) is 0.556. The molecule has 1 radical (unpaired) electrons. The summed E-state index contributed by atoms with van der Waals surface area (Å²) >= 11 is 0. The summed E-state index contributed by atoms with van der Waals surface area (Å²) in [7, 11) is 0. The molecule has 0 nitrogen and oxygen atoms in total. The van der Waals surface area contributed by atoms with Gasteiger partial charge in [0.25, 0.3) is 0 Å². The van der Waals surface area contributed by atoms with Gasteiger partial charge in [0.05, 0.1) is 0 Å². The van der Waals surface area contributed by atoms with Crippen LogP contribution < -0.4 is 0 Å². The maximum Gasteiger partial charge on any atom is 3.00 e. The minimum Gasteiger partial charge on any atom is -0.346 e. The minimum absolute atomic E-state index is 0. The molecule has 0 fully saturated rings. The molecule has 10 heavy (non-hydrogen) atoms. The predicted molar refractivity (Wildman–Crippen MR) is 44.1 cm³/mol. The molecule has 1 aromatic carbocycles. The standard InChI is InChI=1S/C5H5.2C2H5.Ti/c1-2-4-5-3-1;2*1-2;/h1-5H;2*1H2,2H3;/q3*-1;+3. The Balaban J connectivity index is -0.0000000875. The van der Waals surface area contributed by atoms with Crippen LogP contribution in [0.15, 0.2) is 30.3 Å². The Morgan fingerprint density at radius 3 is 1.30 bits per heavy atom. The van der Waals surface area contributed by atoms with Crippen LogP contribution in [0, 0.1) is 13.8 Å². The van der Waals surface area contributed by atoms with E-state index in [4.69, 9.17) is 0 Å². The van der Waals surface area contributed by atoms with E-state index in [1.165, 1.54) is 0 Å². The van der Waals surface area contributed by atoms with Crippen molar-refractivity contribution in [3.8, 4) is 0 Å². The second-order valence-corrected chi connectivity index (χ2v) is 0.962. The van der Waals surface area contributed by atoms with Gasteiger partial charge in [-0.3, -0.25) is 0 Å². The number of hydrogen-bond donors (Lipinski definition) is 0. The average molecular weight is 171 g/mol. The maximum atomic E-state index is 3.25. The van der Waals surface area contributed by atoms with Gasteiger partial charge in [0.1, 0.15) is 0 Å². The van der Waals surface area contributed by atoms with E-state index < -0.39 is 0 Å². The summed E-state index contributed by atoms with van der Waals surface area (Å²) in [6.07, 6.45) is 0. The first-order valence-corrected chi connectivity index (χ1v) is 3.08. The molecule has 0 saturated heterocycles. The van der Waals surface area contributed by atoms with Gasteiger partial charge in [0, 0.05) is 0 Å². The van der Waals surface area contributed by atoms with Crippen molar-refractivity contribution in [2.75, 3.05) is 0 Å². The zero-order chi connectivity index (χ0) is 7.54. The van der Waals surface area contributed by atoms with Crippen molar-refractivity contribution in [1.82, 2.24) is 0 Å². The van der Waals surface area contributed by atoms with Crippen LogP contribution in [-0.4, -0.2) is 0 Å². The van der Waals surface area contributed by atoms with Gasteiger partial charge < -0.3 is 13.8 Å². The molecule has 1 heteroatoms. The smallest absolute Gasteiger partial charge is 0.346 e. The first-order chi connectivity index (χ1) is 4.50. The number of hydrogen-bond acceptors (Lipinski definition) is 0. The van der Waals surface area contributed by atoms with E-state index in [1.807, 2.05) is 30.3 Å². The van der Waals surface area contributed by atoms with Crippen molar-refractivity contribution in [2.24, 2.45) is 0 Å². The van der Waals surface area contributed by atoms with Gasteiger partial charge in [-0.25, -0.2) is 12.1 Å². The molecule has 0 bridgehead atoms. The SMILES string of the molecule is [CH2-]C.[CH2-]C.[Ti+3].c1cc[cH-]c1. The van der Waals surface area contributed by atoms with Crippen molar-refractivity contribution in [3.05, 3.63) is 44.2 Å². The molecule has 0 N–H and O–H groups in total. The van der Waals surface area contributed by atoms with Crippen LogP contribution in [-0.2, 0) is 21.7 Å². The summed E-state index contributed by atoms with van der Waals surface area (Å²) in [5.74, 6) is 0. The van der Waals surface area contributed by atoms with Gasteiger partial charge in [0.2, 0.25) is 0 Å². The van der Waals surface area contributed by atoms with Gasteiger partial charge in [-0.15, -0.1) is 0 Å². The molecular formula is C9H15Ti. The molecule has 1 rings (SSSR count). The Labute approximate surface area is 79.9 Å². The van der Waals surface area contributed by atoms with E-state index in [-0.39, 0.29) is 21.7 Å². The normalized spacial score (nSPS) is 5.20. The first-order valence-electron chi connectivity index (χ1n) is 3.08. The molecule has 0 aromatic heterocycles. The van der Waals surface area contributed by atoms with Crippen molar-refractivity contribution in [2.45, 2.75) is 13.8 Å². The Kier molecular flexibility index (Phi) is 38.1. The van der Waals surface area contributed by atoms with E-state index in [2.05, 4.69) is 13.8 Å². The van der Waals surface area contributed by atoms with Crippen LogP contribution in [0.2, 0.25) is 0 Å². The fourth-order valence-corrected chi connectivity index (χ4v) is 0.321. The summed E-state index contributed by atoms with van der Waals surface area (Å²) in [5.41, 5.74) is 0. The zero-order valence-electron chi connectivity index (χ0n) is 6.80. The van der Waals surface area contributed by atoms with Crippen molar-refractivity contribution in [1.29, 1.82) is 0 Å². The monoisotopic (exact) mass is 171 g/mol. The van der Waals surface area contributed by atoms with Gasteiger partial charge in [-0.1, -0.05) is 0 Å². The molecule has 0 spiro atoms. The van der Waals surface area contributed by atoms with Crippen molar-refractivity contribution in [3.63, 3.8) is 0 Å². The molecule has 0 heterocycles. The van der Waals surface area contributed by atoms with Crippen LogP contribution in [0.3, 0.4) is 0 Å². The second-order valence-electron chi connectivity index (χ2n) is 0.962. The minimum atomic E-state index is 0. The van der Waals surface area contributed by atoms with Crippen LogP contribution in [0.5, 0.6) is 0 Å². The molecule has 0 aliphatic rings. The maximum absolute atomic E-state index is 3.25. The third kappa shape index (κ3) is 15.7. The molecular weight excluding hydrogens is 156 g/mol. The summed E-state index contributed by atoms with van der Waals surface area (Å²) in [5, 5.41) is 0.